The van der Waals surface area contributed by atoms with E-state index in [4.69, 9.17) is 0 Å². The lowest BCUT2D eigenvalue weighted by atomic mass is 9.85. The molecule has 0 aliphatic heterocycles. The second-order valence-corrected chi connectivity index (χ2v) is 10.8. The highest BCUT2D eigenvalue weighted by atomic mass is 15.0. The molecule has 1 heteroatoms. The van der Waals surface area contributed by atoms with Gasteiger partial charge < -0.3 is 4.57 Å². The molecule has 27 heavy (non-hydrogen) atoms. The van der Waals surface area contributed by atoms with Crippen molar-refractivity contribution in [3.8, 4) is 0 Å². The number of hydrogen-bond acceptors (Lipinski definition) is 0. The van der Waals surface area contributed by atoms with Gasteiger partial charge in [-0.3, -0.25) is 0 Å². The van der Waals surface area contributed by atoms with Crippen LogP contribution >= 0.6 is 0 Å². The Morgan fingerprint density at radius 1 is 0.704 bits per heavy atom. The molecule has 0 unspecified atom stereocenters. The molecule has 0 aliphatic rings. The summed E-state index contributed by atoms with van der Waals surface area (Å²) in [6.07, 6.45) is 0. The average molecular weight is 364 g/mol. The van der Waals surface area contributed by atoms with E-state index in [1.165, 1.54) is 32.9 Å². The van der Waals surface area contributed by atoms with Crippen LogP contribution in [0.3, 0.4) is 0 Å². The van der Waals surface area contributed by atoms with Gasteiger partial charge in [-0.2, -0.15) is 0 Å². The molecular formula is C26H37N. The Hall–Kier alpha value is -1.76. The van der Waals surface area contributed by atoms with Crippen molar-refractivity contribution in [3.63, 3.8) is 0 Å². The van der Waals surface area contributed by atoms with Crippen molar-refractivity contribution < 1.29 is 0 Å². The van der Waals surface area contributed by atoms with E-state index in [1.807, 2.05) is 0 Å². The van der Waals surface area contributed by atoms with Crippen molar-refractivity contribution in [2.24, 2.45) is 11.8 Å². The normalized spacial score (nSPS) is 14.4. The molecule has 0 radical (unpaired) electrons. The van der Waals surface area contributed by atoms with E-state index in [9.17, 15) is 0 Å². The predicted molar refractivity (Wildman–Crippen MR) is 121 cm³/mol. The fourth-order valence-electron chi connectivity index (χ4n) is 3.73. The lowest BCUT2D eigenvalue weighted by Crippen LogP contribution is -2.13. The van der Waals surface area contributed by atoms with Crippen LogP contribution in [0.5, 0.6) is 0 Å². The maximum Gasteiger partial charge on any atom is 0.0491 e. The van der Waals surface area contributed by atoms with Crippen LogP contribution in [0.15, 0.2) is 36.4 Å². The van der Waals surface area contributed by atoms with Crippen LogP contribution < -0.4 is 0 Å². The monoisotopic (exact) mass is 363 g/mol. The van der Waals surface area contributed by atoms with Gasteiger partial charge in [0.15, 0.2) is 0 Å². The van der Waals surface area contributed by atoms with E-state index < -0.39 is 0 Å². The molecule has 146 valence electrons. The van der Waals surface area contributed by atoms with Gasteiger partial charge in [-0.05, 0) is 58.1 Å². The van der Waals surface area contributed by atoms with Crippen molar-refractivity contribution in [2.45, 2.75) is 79.7 Å². The molecule has 0 aliphatic carbocycles. The quantitative estimate of drug-likeness (QED) is 0.449. The van der Waals surface area contributed by atoms with E-state index in [1.54, 1.807) is 0 Å². The standard InChI is InChI=1S/C26H37N/c1-17(2)18(3)16-27-23-12-10-19(25(4,5)6)14-21(23)22-15-20(26(7,8)9)11-13-24(22)27/h10-15,17-18H,16H2,1-9H3/t18-/m1/s1. The zero-order chi connectivity index (χ0) is 20.1. The van der Waals surface area contributed by atoms with E-state index in [-0.39, 0.29) is 10.8 Å². The molecule has 1 nitrogen and oxygen atoms in total. The molecule has 1 aromatic heterocycles. The minimum atomic E-state index is 0.162. The van der Waals surface area contributed by atoms with Crippen molar-refractivity contribution >= 4 is 21.8 Å². The zero-order valence-corrected chi connectivity index (χ0v) is 18.8. The third kappa shape index (κ3) is 3.79. The Morgan fingerprint density at radius 2 is 1.11 bits per heavy atom. The largest absolute Gasteiger partial charge is 0.340 e. The first-order valence-corrected chi connectivity index (χ1v) is 10.5. The summed E-state index contributed by atoms with van der Waals surface area (Å²) in [6, 6.07) is 14.2. The van der Waals surface area contributed by atoms with Gasteiger partial charge in [-0.1, -0.05) is 74.4 Å². The van der Waals surface area contributed by atoms with Crippen LogP contribution in [0.1, 0.15) is 73.4 Å². The van der Waals surface area contributed by atoms with Crippen LogP contribution in [0.25, 0.3) is 21.8 Å². The molecule has 3 aromatic rings. The smallest absolute Gasteiger partial charge is 0.0491 e. The highest BCUT2D eigenvalue weighted by molar-refractivity contribution is 6.08. The Kier molecular flexibility index (Phi) is 4.95. The van der Waals surface area contributed by atoms with Crippen LogP contribution in [-0.4, -0.2) is 4.57 Å². The van der Waals surface area contributed by atoms with E-state index in [0.29, 0.717) is 11.8 Å². The minimum absolute atomic E-state index is 0.162. The zero-order valence-electron chi connectivity index (χ0n) is 18.8. The highest BCUT2D eigenvalue weighted by Gasteiger charge is 2.21. The fraction of sp³-hybridized carbons (Fsp3) is 0.538. The summed E-state index contributed by atoms with van der Waals surface area (Å²) in [5.41, 5.74) is 5.89. The van der Waals surface area contributed by atoms with Gasteiger partial charge in [0.25, 0.3) is 0 Å². The number of nitrogens with zero attached hydrogens (tertiary/aromatic N) is 1. The Balaban J connectivity index is 2.32. The van der Waals surface area contributed by atoms with E-state index in [2.05, 4.69) is 103 Å². The maximum atomic E-state index is 2.55. The molecule has 1 heterocycles. The van der Waals surface area contributed by atoms with Crippen molar-refractivity contribution in [3.05, 3.63) is 47.5 Å². The Bertz CT molecular complexity index is 886. The molecule has 0 N–H and O–H groups in total. The minimum Gasteiger partial charge on any atom is -0.340 e. The summed E-state index contributed by atoms with van der Waals surface area (Å²) in [6.45, 7) is 21.9. The molecule has 1 atom stereocenters. The number of hydrogen-bond donors (Lipinski definition) is 0. The van der Waals surface area contributed by atoms with Gasteiger partial charge in [0, 0.05) is 28.4 Å². The van der Waals surface area contributed by atoms with Crippen LogP contribution in [0.4, 0.5) is 0 Å². The molecule has 0 fully saturated rings. The second kappa shape index (κ2) is 6.69. The second-order valence-electron chi connectivity index (χ2n) is 10.8. The summed E-state index contributed by atoms with van der Waals surface area (Å²) < 4.78 is 2.55. The van der Waals surface area contributed by atoms with Gasteiger partial charge in [0.1, 0.15) is 0 Å². The summed E-state index contributed by atoms with van der Waals surface area (Å²) in [5.74, 6) is 1.33. The third-order valence-corrected chi connectivity index (χ3v) is 6.21. The molecule has 2 aromatic carbocycles. The molecular weight excluding hydrogens is 326 g/mol. The molecule has 0 spiro atoms. The molecule has 0 amide bonds. The van der Waals surface area contributed by atoms with E-state index in [0.717, 1.165) is 6.54 Å². The number of rotatable bonds is 3. The topological polar surface area (TPSA) is 4.93 Å². The Labute approximate surface area is 165 Å². The Morgan fingerprint density at radius 3 is 1.44 bits per heavy atom. The highest BCUT2D eigenvalue weighted by Crippen LogP contribution is 2.36. The molecule has 0 saturated heterocycles. The summed E-state index contributed by atoms with van der Waals surface area (Å²) >= 11 is 0. The van der Waals surface area contributed by atoms with Gasteiger partial charge >= 0.3 is 0 Å². The van der Waals surface area contributed by atoms with Crippen molar-refractivity contribution in [1.82, 2.24) is 4.57 Å². The third-order valence-electron chi connectivity index (χ3n) is 6.21. The first-order chi connectivity index (χ1) is 12.4. The van der Waals surface area contributed by atoms with Crippen LogP contribution in [0.2, 0.25) is 0 Å². The van der Waals surface area contributed by atoms with Crippen molar-refractivity contribution in [2.75, 3.05) is 0 Å². The average Bonchev–Trinajstić information content (AvgIpc) is 2.86. The number of aromatic nitrogens is 1. The lowest BCUT2D eigenvalue weighted by molar-refractivity contribution is 0.374. The van der Waals surface area contributed by atoms with Gasteiger partial charge in [-0.25, -0.2) is 0 Å². The summed E-state index contributed by atoms with van der Waals surface area (Å²) in [4.78, 5) is 0. The van der Waals surface area contributed by atoms with Crippen LogP contribution in [0, 0.1) is 11.8 Å². The molecule has 0 bridgehead atoms. The number of benzene rings is 2. The van der Waals surface area contributed by atoms with E-state index >= 15 is 0 Å². The molecule has 0 saturated carbocycles. The van der Waals surface area contributed by atoms with Gasteiger partial charge in [-0.15, -0.1) is 0 Å². The first kappa shape index (κ1) is 20.0. The van der Waals surface area contributed by atoms with Gasteiger partial charge in [0.2, 0.25) is 0 Å². The fourth-order valence-corrected chi connectivity index (χ4v) is 3.73. The SMILES string of the molecule is CC(C)[C@H](C)Cn1c2ccc(C(C)(C)C)cc2c2cc(C(C)(C)C)ccc21. The first-order valence-electron chi connectivity index (χ1n) is 10.5. The van der Waals surface area contributed by atoms with Crippen molar-refractivity contribution in [1.29, 1.82) is 0 Å². The molecule has 3 rings (SSSR count). The summed E-state index contributed by atoms with van der Waals surface area (Å²) in [5, 5.41) is 2.80. The summed E-state index contributed by atoms with van der Waals surface area (Å²) in [7, 11) is 0. The number of fused-ring (bicyclic) bond motifs is 3. The lowest BCUT2D eigenvalue weighted by Gasteiger charge is -2.20. The maximum absolute atomic E-state index is 2.55. The van der Waals surface area contributed by atoms with Gasteiger partial charge in [0.05, 0.1) is 0 Å². The van der Waals surface area contributed by atoms with Crippen LogP contribution in [-0.2, 0) is 17.4 Å². The predicted octanol–water partition coefficient (Wildman–Crippen LogP) is 7.68.